The van der Waals surface area contributed by atoms with Gasteiger partial charge in [0.15, 0.2) is 0 Å². The fourth-order valence-corrected chi connectivity index (χ4v) is 0.917. The number of hydrogen-bond donors (Lipinski definition) is 0. The lowest BCUT2D eigenvalue weighted by molar-refractivity contribution is 0.415. The summed E-state index contributed by atoms with van der Waals surface area (Å²) >= 11 is 0. The number of benzene rings is 1. The van der Waals surface area contributed by atoms with E-state index in [2.05, 4.69) is 11.8 Å². The van der Waals surface area contributed by atoms with Gasteiger partial charge in [-0.3, -0.25) is 0 Å². The lowest BCUT2D eigenvalue weighted by Gasteiger charge is -1.97. The van der Waals surface area contributed by atoms with Crippen molar-refractivity contribution in [3.8, 4) is 17.6 Å². The summed E-state index contributed by atoms with van der Waals surface area (Å²) in [6.07, 6.45) is 2.00. The Morgan fingerprint density at radius 2 is 1.93 bits per heavy atom. The van der Waals surface area contributed by atoms with E-state index in [1.165, 1.54) is 0 Å². The zero-order chi connectivity index (χ0) is 10.4. The Bertz CT molecular complexity index is 374. The smallest absolute Gasteiger partial charge is 0.118 e. The van der Waals surface area contributed by atoms with E-state index in [4.69, 9.17) is 4.74 Å². The molecule has 1 aromatic rings. The van der Waals surface area contributed by atoms with Crippen LogP contribution in [-0.2, 0) is 0 Å². The van der Waals surface area contributed by atoms with Crippen molar-refractivity contribution in [2.24, 2.45) is 0 Å². The summed E-state index contributed by atoms with van der Waals surface area (Å²) in [6.45, 7) is 3.98. The average molecular weight is 186 g/mol. The van der Waals surface area contributed by atoms with E-state index in [0.717, 1.165) is 16.9 Å². The van der Waals surface area contributed by atoms with Gasteiger partial charge in [0.2, 0.25) is 0 Å². The fraction of sp³-hybridized carbons (Fsp3) is 0.231. The van der Waals surface area contributed by atoms with E-state index >= 15 is 0 Å². The molecule has 0 heterocycles. The summed E-state index contributed by atoms with van der Waals surface area (Å²) in [7, 11) is 1.66. The molecular weight excluding hydrogens is 172 g/mol. The van der Waals surface area contributed by atoms with Gasteiger partial charge in [-0.25, -0.2) is 0 Å². The lowest BCUT2D eigenvalue weighted by atomic mass is 10.2. The summed E-state index contributed by atoms with van der Waals surface area (Å²) in [5.74, 6) is 6.99. The normalized spacial score (nSPS) is 10.4. The quantitative estimate of drug-likeness (QED) is 0.612. The Hall–Kier alpha value is -1.68. The summed E-state index contributed by atoms with van der Waals surface area (Å²) in [5, 5.41) is 0. The molecule has 0 aliphatic heterocycles. The highest BCUT2D eigenvalue weighted by Crippen LogP contribution is 2.10. The van der Waals surface area contributed by atoms with Gasteiger partial charge in [0.25, 0.3) is 0 Å². The van der Waals surface area contributed by atoms with Crippen LogP contribution < -0.4 is 4.74 Å². The molecule has 0 unspecified atom stereocenters. The monoisotopic (exact) mass is 186 g/mol. The van der Waals surface area contributed by atoms with Crippen molar-refractivity contribution in [1.82, 2.24) is 0 Å². The maximum absolute atomic E-state index is 5.06. The standard InChI is InChI=1S/C13H14O/c1-4-11(2)5-6-12-7-9-13(14-3)10-8-12/h4,7-10H,1-3H3. The SMILES string of the molecule is CC=C(C)C#Cc1ccc(OC)cc1. The Morgan fingerprint density at radius 1 is 1.29 bits per heavy atom. The third-order valence-electron chi connectivity index (χ3n) is 1.93. The molecule has 0 aliphatic carbocycles. The molecule has 0 aliphatic rings. The minimum absolute atomic E-state index is 0.860. The molecule has 1 heteroatoms. The van der Waals surface area contributed by atoms with Gasteiger partial charge >= 0.3 is 0 Å². The molecule has 14 heavy (non-hydrogen) atoms. The number of hydrogen-bond acceptors (Lipinski definition) is 1. The van der Waals surface area contributed by atoms with E-state index in [9.17, 15) is 0 Å². The number of allylic oxidation sites excluding steroid dienone is 2. The van der Waals surface area contributed by atoms with Gasteiger partial charge in [-0.2, -0.15) is 0 Å². The van der Waals surface area contributed by atoms with Crippen LogP contribution in [0.5, 0.6) is 5.75 Å². The second-order valence-corrected chi connectivity index (χ2v) is 2.95. The molecule has 0 saturated heterocycles. The van der Waals surface area contributed by atoms with Gasteiger partial charge < -0.3 is 4.74 Å². The van der Waals surface area contributed by atoms with Crippen LogP contribution in [0.3, 0.4) is 0 Å². The third-order valence-corrected chi connectivity index (χ3v) is 1.93. The van der Waals surface area contributed by atoms with E-state index in [0.29, 0.717) is 0 Å². The number of ether oxygens (including phenoxy) is 1. The number of rotatable bonds is 1. The first kappa shape index (κ1) is 10.4. The first-order chi connectivity index (χ1) is 6.76. The molecule has 0 fully saturated rings. The molecule has 0 aromatic heterocycles. The van der Waals surface area contributed by atoms with Crippen LogP contribution in [0.1, 0.15) is 19.4 Å². The van der Waals surface area contributed by atoms with Crippen LogP contribution in [0.4, 0.5) is 0 Å². The van der Waals surface area contributed by atoms with Crippen LogP contribution in [0.2, 0.25) is 0 Å². The van der Waals surface area contributed by atoms with E-state index < -0.39 is 0 Å². The molecule has 0 saturated carbocycles. The molecule has 0 bridgehead atoms. The van der Waals surface area contributed by atoms with E-state index in [1.54, 1.807) is 7.11 Å². The molecule has 1 rings (SSSR count). The molecule has 0 N–H and O–H groups in total. The zero-order valence-electron chi connectivity index (χ0n) is 8.79. The fourth-order valence-electron chi connectivity index (χ4n) is 0.917. The van der Waals surface area contributed by atoms with Crippen molar-refractivity contribution in [2.75, 3.05) is 7.11 Å². The van der Waals surface area contributed by atoms with Gasteiger partial charge in [0.05, 0.1) is 7.11 Å². The van der Waals surface area contributed by atoms with Gasteiger partial charge in [-0.15, -0.1) is 0 Å². The van der Waals surface area contributed by atoms with Crippen LogP contribution in [0, 0.1) is 11.8 Å². The molecule has 0 amide bonds. The Balaban J connectivity index is 2.81. The van der Waals surface area contributed by atoms with Crippen molar-refractivity contribution < 1.29 is 4.74 Å². The van der Waals surface area contributed by atoms with Crippen molar-refractivity contribution in [3.63, 3.8) is 0 Å². The maximum atomic E-state index is 5.06. The van der Waals surface area contributed by atoms with Gasteiger partial charge in [-0.05, 0) is 43.7 Å². The second kappa shape index (κ2) is 5.14. The molecule has 72 valence electrons. The van der Waals surface area contributed by atoms with Crippen LogP contribution in [0.25, 0.3) is 0 Å². The predicted octanol–water partition coefficient (Wildman–Crippen LogP) is 3.01. The van der Waals surface area contributed by atoms with Crippen molar-refractivity contribution in [3.05, 3.63) is 41.5 Å². The summed E-state index contributed by atoms with van der Waals surface area (Å²) in [4.78, 5) is 0. The Kier molecular flexibility index (Phi) is 3.82. The van der Waals surface area contributed by atoms with E-state index in [-0.39, 0.29) is 0 Å². The largest absolute Gasteiger partial charge is 0.497 e. The topological polar surface area (TPSA) is 9.23 Å². The van der Waals surface area contributed by atoms with Crippen molar-refractivity contribution in [1.29, 1.82) is 0 Å². The third kappa shape index (κ3) is 2.99. The van der Waals surface area contributed by atoms with Crippen molar-refractivity contribution in [2.45, 2.75) is 13.8 Å². The highest BCUT2D eigenvalue weighted by molar-refractivity contribution is 5.42. The van der Waals surface area contributed by atoms with Crippen LogP contribution in [-0.4, -0.2) is 7.11 Å². The van der Waals surface area contributed by atoms with Crippen LogP contribution in [0.15, 0.2) is 35.9 Å². The first-order valence-corrected chi connectivity index (χ1v) is 4.55. The lowest BCUT2D eigenvalue weighted by Crippen LogP contribution is -1.81. The summed E-state index contributed by atoms with van der Waals surface area (Å²) in [6, 6.07) is 7.73. The molecule has 0 radical (unpaired) electrons. The Morgan fingerprint density at radius 3 is 2.43 bits per heavy atom. The Labute approximate surface area is 85.4 Å². The number of methoxy groups -OCH3 is 1. The molecule has 0 spiro atoms. The minimum Gasteiger partial charge on any atom is -0.497 e. The zero-order valence-corrected chi connectivity index (χ0v) is 8.79. The van der Waals surface area contributed by atoms with E-state index in [1.807, 2.05) is 44.2 Å². The predicted molar refractivity (Wildman–Crippen MR) is 59.3 cm³/mol. The minimum atomic E-state index is 0.860. The summed E-state index contributed by atoms with van der Waals surface area (Å²) in [5.41, 5.74) is 2.09. The summed E-state index contributed by atoms with van der Waals surface area (Å²) < 4.78 is 5.06. The second-order valence-electron chi connectivity index (χ2n) is 2.95. The van der Waals surface area contributed by atoms with Gasteiger partial charge in [0.1, 0.15) is 5.75 Å². The highest BCUT2D eigenvalue weighted by atomic mass is 16.5. The van der Waals surface area contributed by atoms with Crippen LogP contribution >= 0.6 is 0 Å². The highest BCUT2D eigenvalue weighted by Gasteiger charge is 1.89. The molecule has 0 atom stereocenters. The van der Waals surface area contributed by atoms with Crippen molar-refractivity contribution >= 4 is 0 Å². The first-order valence-electron chi connectivity index (χ1n) is 4.55. The molecule has 1 nitrogen and oxygen atoms in total. The van der Waals surface area contributed by atoms with Gasteiger partial charge in [0, 0.05) is 5.56 Å². The molecule has 1 aromatic carbocycles. The van der Waals surface area contributed by atoms with Gasteiger partial charge in [-0.1, -0.05) is 17.9 Å². The molecular formula is C13H14O. The average Bonchev–Trinajstić information content (AvgIpc) is 2.26. The maximum Gasteiger partial charge on any atom is 0.118 e.